The molecule has 0 saturated heterocycles. The molecule has 460 valence electrons. The van der Waals surface area contributed by atoms with Crippen LogP contribution in [0.5, 0.6) is 23.0 Å². The Morgan fingerprint density at radius 2 is 0.530 bits per heavy atom. The number of hydrogen-bond acceptors (Lipinski definition) is 12. The van der Waals surface area contributed by atoms with E-state index in [4.69, 9.17) is 37.9 Å². The van der Waals surface area contributed by atoms with Gasteiger partial charge < -0.3 is 37.9 Å². The fraction of sp³-hybridized carbons (Fsp3) is 0.606. The van der Waals surface area contributed by atoms with Crippen LogP contribution < -0.4 is 18.9 Å². The Morgan fingerprint density at radius 3 is 0.783 bits per heavy atom. The molecule has 0 radical (unpaired) electrons. The molecule has 0 atom stereocenters. The van der Waals surface area contributed by atoms with Crippen LogP contribution in [-0.2, 0) is 66.2 Å². The minimum atomic E-state index is -0.586. The summed E-state index contributed by atoms with van der Waals surface area (Å²) >= 11 is 0. The first-order chi connectivity index (χ1) is 38.1. The van der Waals surface area contributed by atoms with Crippen LogP contribution >= 0.6 is 0 Å². The van der Waals surface area contributed by atoms with Crippen LogP contribution in [-0.4, -0.2) is 76.7 Å². The Bertz CT molecular complexity index is 2960. The summed E-state index contributed by atoms with van der Waals surface area (Å²) in [6, 6.07) is 17.0. The first-order valence-electron chi connectivity index (χ1n) is 29.9. The zero-order valence-corrected chi connectivity index (χ0v) is 55.9. The van der Waals surface area contributed by atoms with Crippen LogP contribution in [0.4, 0.5) is 0 Å². The standard InChI is InChI=1S/C71H104O12/c1-27-45-33-47(69(21,22)65(10,11)12)35-51(61(45)81-41-57(73)77-29-3)53-37-49(71(25,26)67(16,17)18)39-55(63(53)83-43-59(75)79-31-5)54-38-48(70(23,24)66(13,14)15)36-52(62(54)82-42-58(74)78-30-4)50-34-46(68(19,20)64(7,8)9)32-44(6)60(50)80-40-56(72)76-28-2/h32-39H,27-31,40-43H2,1-26H3. The van der Waals surface area contributed by atoms with E-state index in [1.807, 2.05) is 6.92 Å². The van der Waals surface area contributed by atoms with Crippen LogP contribution in [0, 0.1) is 28.6 Å². The molecule has 0 bridgehead atoms. The van der Waals surface area contributed by atoms with Gasteiger partial charge in [-0.2, -0.15) is 0 Å². The first kappa shape index (κ1) is 69.5. The van der Waals surface area contributed by atoms with Gasteiger partial charge in [0.2, 0.25) is 0 Å². The minimum absolute atomic E-state index is 0.125. The molecule has 12 nitrogen and oxygen atoms in total. The van der Waals surface area contributed by atoms with Crippen LogP contribution in [0.1, 0.15) is 206 Å². The Balaban J connectivity index is 2.62. The fourth-order valence-electron chi connectivity index (χ4n) is 9.37. The van der Waals surface area contributed by atoms with E-state index in [0.717, 1.165) is 33.4 Å². The maximum absolute atomic E-state index is 13.9. The molecule has 0 saturated carbocycles. The number of esters is 4. The van der Waals surface area contributed by atoms with Crippen molar-refractivity contribution in [3.05, 3.63) is 81.9 Å². The van der Waals surface area contributed by atoms with Crippen molar-refractivity contribution in [3.8, 4) is 56.4 Å². The van der Waals surface area contributed by atoms with Gasteiger partial charge in [0.1, 0.15) is 23.0 Å². The monoisotopic (exact) mass is 1150 g/mol. The molecule has 0 fully saturated rings. The van der Waals surface area contributed by atoms with Crippen molar-refractivity contribution in [2.24, 2.45) is 21.7 Å². The molecule has 83 heavy (non-hydrogen) atoms. The first-order valence-corrected chi connectivity index (χ1v) is 29.9. The van der Waals surface area contributed by atoms with Gasteiger partial charge in [0.05, 0.1) is 26.4 Å². The SMILES string of the molecule is CCOC(=O)COc1c(C)cc(C(C)(C)C(C)(C)C)cc1-c1cc(C(C)(C)C(C)(C)C)cc(-c2cc(C(C)(C)C(C)(C)C)cc(-c3cc(C(C)(C)C(C)(C)C)cc(CC)c3OCC(=O)OCC)c2OCC(=O)OCC)c1OCC(=O)OCC. The van der Waals surface area contributed by atoms with Crippen molar-refractivity contribution in [2.45, 2.75) is 208 Å². The van der Waals surface area contributed by atoms with Gasteiger partial charge in [-0.05, 0) is 154 Å². The molecule has 4 rings (SSSR count). The van der Waals surface area contributed by atoms with Gasteiger partial charge in [-0.3, -0.25) is 0 Å². The number of carbonyl (C=O) groups is 4. The molecule has 0 heterocycles. The van der Waals surface area contributed by atoms with Crippen LogP contribution in [0.25, 0.3) is 33.4 Å². The molecule has 0 N–H and O–H groups in total. The molecule has 0 spiro atoms. The summed E-state index contributed by atoms with van der Waals surface area (Å²) in [5.41, 5.74) is 5.83. The van der Waals surface area contributed by atoms with Gasteiger partial charge in [0, 0.05) is 33.4 Å². The molecule has 0 aliphatic heterocycles. The maximum atomic E-state index is 13.9. The van der Waals surface area contributed by atoms with E-state index >= 15 is 0 Å². The molecule has 12 heteroatoms. The molecule has 0 aliphatic carbocycles. The number of aryl methyl sites for hydroxylation is 2. The summed E-state index contributed by atoms with van der Waals surface area (Å²) in [4.78, 5) is 54.4. The Labute approximate surface area is 499 Å². The van der Waals surface area contributed by atoms with E-state index in [1.54, 1.807) is 27.7 Å². The zero-order chi connectivity index (χ0) is 63.2. The van der Waals surface area contributed by atoms with Crippen molar-refractivity contribution in [1.82, 2.24) is 0 Å². The largest absolute Gasteiger partial charge is 0.481 e. The second-order valence-corrected chi connectivity index (χ2v) is 28.2. The summed E-state index contributed by atoms with van der Waals surface area (Å²) in [5.74, 6) is -0.727. The topological polar surface area (TPSA) is 142 Å². The highest BCUT2D eigenvalue weighted by molar-refractivity contribution is 5.94. The zero-order valence-electron chi connectivity index (χ0n) is 55.9. The molecular weight excluding hydrogens is 1040 g/mol. The molecule has 4 aromatic rings. The smallest absolute Gasteiger partial charge is 0.344 e. The fourth-order valence-corrected chi connectivity index (χ4v) is 9.37. The van der Waals surface area contributed by atoms with E-state index in [2.05, 4.69) is 194 Å². The van der Waals surface area contributed by atoms with Crippen LogP contribution in [0.2, 0.25) is 0 Å². The van der Waals surface area contributed by atoms with E-state index in [9.17, 15) is 19.2 Å². The van der Waals surface area contributed by atoms with Crippen molar-refractivity contribution in [3.63, 3.8) is 0 Å². The molecule has 0 aliphatic rings. The number of carbonyl (C=O) groups excluding carboxylic acids is 4. The highest BCUT2D eigenvalue weighted by Gasteiger charge is 2.42. The Hall–Kier alpha value is -6.04. The summed E-state index contributed by atoms with van der Waals surface area (Å²) in [7, 11) is 0. The third-order valence-corrected chi connectivity index (χ3v) is 18.8. The van der Waals surface area contributed by atoms with Gasteiger partial charge in [0.15, 0.2) is 26.4 Å². The van der Waals surface area contributed by atoms with Crippen LogP contribution in [0.15, 0.2) is 48.5 Å². The number of rotatable bonds is 24. The third kappa shape index (κ3) is 15.5. The van der Waals surface area contributed by atoms with Crippen molar-refractivity contribution < 1.29 is 57.1 Å². The van der Waals surface area contributed by atoms with Crippen LogP contribution in [0.3, 0.4) is 0 Å². The van der Waals surface area contributed by atoms with E-state index < -0.39 is 58.8 Å². The second-order valence-electron chi connectivity index (χ2n) is 28.2. The number of benzene rings is 4. The summed E-state index contributed by atoms with van der Waals surface area (Å²) < 4.78 is 49.6. The van der Waals surface area contributed by atoms with Gasteiger partial charge in [-0.15, -0.1) is 0 Å². The second kappa shape index (κ2) is 26.5. The molecule has 0 unspecified atom stereocenters. The van der Waals surface area contributed by atoms with Gasteiger partial charge in [0.25, 0.3) is 0 Å². The summed E-state index contributed by atoms with van der Waals surface area (Å²) in [6.45, 7) is 54.3. The predicted molar refractivity (Wildman–Crippen MR) is 335 cm³/mol. The van der Waals surface area contributed by atoms with Crippen molar-refractivity contribution in [1.29, 1.82) is 0 Å². The Kier molecular flexibility index (Phi) is 22.2. The number of hydrogen-bond donors (Lipinski definition) is 0. The lowest BCUT2D eigenvalue weighted by Gasteiger charge is -2.41. The number of ether oxygens (including phenoxy) is 8. The molecular formula is C71H104O12. The average Bonchev–Trinajstić information content (AvgIpc) is 2.10. The highest BCUT2D eigenvalue weighted by Crippen LogP contribution is 2.57. The van der Waals surface area contributed by atoms with Gasteiger partial charge in [-0.25, -0.2) is 19.2 Å². The molecule has 4 aromatic carbocycles. The van der Waals surface area contributed by atoms with Gasteiger partial charge >= 0.3 is 23.9 Å². The molecule has 0 aromatic heterocycles. The van der Waals surface area contributed by atoms with E-state index in [1.165, 1.54) is 0 Å². The van der Waals surface area contributed by atoms with Gasteiger partial charge in [-0.1, -0.05) is 158 Å². The summed E-state index contributed by atoms with van der Waals surface area (Å²) in [5, 5.41) is 0. The lowest BCUT2D eigenvalue weighted by molar-refractivity contribution is -0.146. The van der Waals surface area contributed by atoms with E-state index in [0.29, 0.717) is 62.8 Å². The normalized spacial score (nSPS) is 12.8. The minimum Gasteiger partial charge on any atom is -0.481 e. The maximum Gasteiger partial charge on any atom is 0.344 e. The lowest BCUT2D eigenvalue weighted by Crippen LogP contribution is -2.34. The predicted octanol–water partition coefficient (Wildman–Crippen LogP) is 16.6. The average molecular weight is 1150 g/mol. The van der Waals surface area contributed by atoms with E-state index in [-0.39, 0.29) is 61.3 Å². The Morgan fingerprint density at radius 1 is 0.313 bits per heavy atom. The lowest BCUT2D eigenvalue weighted by atomic mass is 9.63. The quantitative estimate of drug-likeness (QED) is 0.0487. The third-order valence-electron chi connectivity index (χ3n) is 18.8. The van der Waals surface area contributed by atoms with Crippen molar-refractivity contribution in [2.75, 3.05) is 52.9 Å². The molecule has 0 amide bonds. The van der Waals surface area contributed by atoms with Crippen molar-refractivity contribution >= 4 is 23.9 Å². The summed E-state index contributed by atoms with van der Waals surface area (Å²) in [6.07, 6.45) is 0.544. The highest BCUT2D eigenvalue weighted by atomic mass is 16.6.